The van der Waals surface area contributed by atoms with E-state index >= 15 is 0 Å². The summed E-state index contributed by atoms with van der Waals surface area (Å²) in [6.07, 6.45) is 5.76. The smallest absolute Gasteiger partial charge is 0.330 e. The lowest BCUT2D eigenvalue weighted by Crippen LogP contribution is -2.63. The van der Waals surface area contributed by atoms with Crippen LogP contribution in [0.4, 0.5) is 0 Å². The van der Waals surface area contributed by atoms with Crippen LogP contribution in [0.2, 0.25) is 0 Å². The Kier molecular flexibility index (Phi) is 16.2. The van der Waals surface area contributed by atoms with Crippen molar-refractivity contribution >= 4 is 11.9 Å². The minimum absolute atomic E-state index is 0.246. The first-order valence-corrected chi connectivity index (χ1v) is 19.5. The number of aliphatic hydroxyl groups is 3. The van der Waals surface area contributed by atoms with Crippen LogP contribution in [0.5, 0.6) is 11.5 Å². The maximum Gasteiger partial charge on any atom is 0.330 e. The molecule has 8 unspecified atom stereocenters. The second-order valence-corrected chi connectivity index (χ2v) is 16.8. The Morgan fingerprint density at radius 3 is 2.18 bits per heavy atom. The summed E-state index contributed by atoms with van der Waals surface area (Å²) in [5.74, 6) is 2.13. The molecule has 0 radical (unpaired) electrons. The molecule has 1 aromatic rings. The fraction of sp³-hybridized carbons (Fsp3) is 0.805. The molecular formula is C41H69NO9. The first-order valence-electron chi connectivity index (χ1n) is 19.5. The quantitative estimate of drug-likeness (QED) is 0.0891. The van der Waals surface area contributed by atoms with Crippen LogP contribution in [0, 0.1) is 31.6 Å². The van der Waals surface area contributed by atoms with Gasteiger partial charge in [0.25, 0.3) is 5.91 Å². The number of hydrogen-bond donors (Lipinski definition) is 4. The van der Waals surface area contributed by atoms with Crippen molar-refractivity contribution in [2.45, 2.75) is 188 Å². The zero-order chi connectivity index (χ0) is 38.1. The van der Waals surface area contributed by atoms with Gasteiger partial charge in [0.1, 0.15) is 42.0 Å². The molecule has 1 fully saturated rings. The van der Waals surface area contributed by atoms with Crippen molar-refractivity contribution in [2.24, 2.45) is 17.8 Å². The minimum Gasteiger partial charge on any atom is -0.487 e. The molecule has 1 aromatic carbocycles. The fourth-order valence-electron chi connectivity index (χ4n) is 7.10. The van der Waals surface area contributed by atoms with Crippen LogP contribution in [-0.4, -0.2) is 75.6 Å². The Morgan fingerprint density at radius 2 is 1.57 bits per heavy atom. The second-order valence-electron chi connectivity index (χ2n) is 16.8. The number of nitrogens with one attached hydrogen (secondary N) is 1. The summed E-state index contributed by atoms with van der Waals surface area (Å²) in [5.41, 5.74) is 1.71. The van der Waals surface area contributed by atoms with Gasteiger partial charge in [-0.15, -0.1) is 0 Å². The minimum atomic E-state index is -1.80. The highest BCUT2D eigenvalue weighted by Crippen LogP contribution is 2.42. The molecule has 4 N–H and O–H groups in total. The molecule has 0 saturated carbocycles. The molecule has 1 amide bonds. The van der Waals surface area contributed by atoms with Gasteiger partial charge in [0, 0.05) is 0 Å². The van der Waals surface area contributed by atoms with E-state index in [4.69, 9.17) is 18.9 Å². The van der Waals surface area contributed by atoms with Gasteiger partial charge in [0.2, 0.25) is 0 Å². The van der Waals surface area contributed by atoms with Gasteiger partial charge in [-0.1, -0.05) is 79.6 Å². The number of carbonyl (C=O) groups is 2. The summed E-state index contributed by atoms with van der Waals surface area (Å²) in [6.45, 7) is 20.4. The van der Waals surface area contributed by atoms with Crippen LogP contribution in [0.3, 0.4) is 0 Å². The van der Waals surface area contributed by atoms with Crippen LogP contribution in [0.1, 0.15) is 143 Å². The van der Waals surface area contributed by atoms with Gasteiger partial charge < -0.3 is 39.6 Å². The summed E-state index contributed by atoms with van der Waals surface area (Å²) < 4.78 is 23.6. The molecule has 10 nitrogen and oxygen atoms in total. The molecule has 2 aliphatic rings. The predicted molar refractivity (Wildman–Crippen MR) is 199 cm³/mol. The van der Waals surface area contributed by atoms with E-state index in [1.54, 1.807) is 13.8 Å². The number of ether oxygens (including phenoxy) is 4. The van der Waals surface area contributed by atoms with Crippen molar-refractivity contribution in [1.29, 1.82) is 0 Å². The van der Waals surface area contributed by atoms with E-state index in [-0.39, 0.29) is 5.60 Å². The third-order valence-electron chi connectivity index (χ3n) is 11.2. The molecule has 0 spiro atoms. The van der Waals surface area contributed by atoms with Crippen LogP contribution in [0.25, 0.3) is 0 Å². The summed E-state index contributed by atoms with van der Waals surface area (Å²) in [5, 5.41) is 33.3. The Labute approximate surface area is 307 Å². The molecule has 0 bridgehead atoms. The van der Waals surface area contributed by atoms with E-state index in [0.29, 0.717) is 18.1 Å². The van der Waals surface area contributed by atoms with Crippen LogP contribution >= 0.6 is 0 Å². The molecule has 2 aliphatic heterocycles. The van der Waals surface area contributed by atoms with Gasteiger partial charge in [0.15, 0.2) is 12.4 Å². The molecule has 292 valence electrons. The number of benzene rings is 1. The zero-order valence-electron chi connectivity index (χ0n) is 33.2. The highest BCUT2D eigenvalue weighted by atomic mass is 16.7. The molecule has 2 heterocycles. The van der Waals surface area contributed by atoms with Gasteiger partial charge in [-0.25, -0.2) is 4.79 Å². The Hall–Kier alpha value is -2.24. The van der Waals surface area contributed by atoms with Gasteiger partial charge in [-0.05, 0) is 107 Å². The average Bonchev–Trinajstić information content (AvgIpc) is 3.06. The van der Waals surface area contributed by atoms with Crippen molar-refractivity contribution in [3.05, 3.63) is 22.8 Å². The highest BCUT2D eigenvalue weighted by Gasteiger charge is 2.49. The van der Waals surface area contributed by atoms with E-state index in [1.165, 1.54) is 44.9 Å². The summed E-state index contributed by atoms with van der Waals surface area (Å²) >= 11 is 0. The lowest BCUT2D eigenvalue weighted by molar-refractivity contribution is -0.296. The van der Waals surface area contributed by atoms with Crippen LogP contribution < -0.4 is 14.8 Å². The normalized spacial score (nSPS) is 26.3. The summed E-state index contributed by atoms with van der Waals surface area (Å²) in [7, 11) is 0. The van der Waals surface area contributed by atoms with Crippen molar-refractivity contribution in [1.82, 2.24) is 5.32 Å². The Bertz CT molecular complexity index is 1280. The molecule has 8 atom stereocenters. The fourth-order valence-corrected chi connectivity index (χ4v) is 7.10. The van der Waals surface area contributed by atoms with Crippen LogP contribution in [-0.2, 0) is 25.5 Å². The number of fused-ring (bicyclic) bond motifs is 1. The molecule has 0 aliphatic carbocycles. The molecule has 10 heteroatoms. The third kappa shape index (κ3) is 12.7. The summed E-state index contributed by atoms with van der Waals surface area (Å²) in [4.78, 5) is 26.0. The number of aliphatic hydroxyl groups excluding tert-OH is 3. The van der Waals surface area contributed by atoms with Gasteiger partial charge in [-0.3, -0.25) is 4.79 Å². The lowest BCUT2D eigenvalue weighted by Gasteiger charge is -2.43. The molecule has 0 aromatic heterocycles. The van der Waals surface area contributed by atoms with Crippen molar-refractivity contribution in [3.8, 4) is 11.5 Å². The first-order chi connectivity index (χ1) is 23.9. The van der Waals surface area contributed by atoms with Crippen molar-refractivity contribution in [2.75, 3.05) is 6.54 Å². The van der Waals surface area contributed by atoms with E-state index < -0.39 is 54.7 Å². The van der Waals surface area contributed by atoms with Crippen LogP contribution in [0.15, 0.2) is 6.07 Å². The highest BCUT2D eigenvalue weighted by molar-refractivity contribution is 5.86. The van der Waals surface area contributed by atoms with E-state index in [2.05, 4.69) is 39.9 Å². The van der Waals surface area contributed by atoms with E-state index in [9.17, 15) is 24.9 Å². The van der Waals surface area contributed by atoms with E-state index in [1.807, 2.05) is 26.8 Å². The molecule has 1 saturated heterocycles. The first kappa shape index (κ1) is 43.2. The zero-order valence-corrected chi connectivity index (χ0v) is 33.2. The van der Waals surface area contributed by atoms with Crippen molar-refractivity contribution < 1.29 is 43.9 Å². The summed E-state index contributed by atoms with van der Waals surface area (Å²) in [6, 6.07) is 1.86. The Morgan fingerprint density at radius 1 is 0.961 bits per heavy atom. The van der Waals surface area contributed by atoms with Gasteiger partial charge >= 0.3 is 5.97 Å². The topological polar surface area (TPSA) is 144 Å². The number of rotatable bonds is 19. The van der Waals surface area contributed by atoms with E-state index in [0.717, 1.165) is 60.0 Å². The number of esters is 1. The SMILES string of the molecule is CCC(C)(C)OC1C(C(=O)NCC(=O)Oc2cc3c(c(C)c2C)OC(C)(CCCC(C)CCCC(C)CCCC(C)C)CC3)OC(O)C(O)C1O. The van der Waals surface area contributed by atoms with Gasteiger partial charge in [-0.2, -0.15) is 0 Å². The number of carbonyl (C=O) groups excluding carboxylic acids is 2. The molecular weight excluding hydrogens is 650 g/mol. The second kappa shape index (κ2) is 19.2. The molecule has 51 heavy (non-hydrogen) atoms. The maximum atomic E-state index is 13.1. The molecule has 3 rings (SSSR count). The number of aryl methyl sites for hydroxylation is 1. The van der Waals surface area contributed by atoms with Gasteiger partial charge in [0.05, 0.1) is 5.60 Å². The monoisotopic (exact) mass is 719 g/mol. The third-order valence-corrected chi connectivity index (χ3v) is 11.2. The number of hydrogen-bond acceptors (Lipinski definition) is 9. The lowest BCUT2D eigenvalue weighted by atomic mass is 9.85. The number of amides is 1. The Balaban J connectivity index is 1.51. The predicted octanol–water partition coefficient (Wildman–Crippen LogP) is 6.86. The maximum absolute atomic E-state index is 13.1. The average molecular weight is 720 g/mol. The standard InChI is InChI=1S/C41H69NO9/c1-11-40(8,9)50-36-33(44)34(45)39(47)49-37(36)38(46)42-24-32(43)48-31-23-30-20-22-41(10,51-35(30)29(7)28(31)6)21-14-19-27(5)18-13-17-26(4)16-12-15-25(2)3/h23,25-27,33-34,36-37,39,44-45,47H,11-22,24H2,1-10H3,(H,42,46). The largest absolute Gasteiger partial charge is 0.487 e. The van der Waals surface area contributed by atoms with Crippen molar-refractivity contribution in [3.63, 3.8) is 0 Å².